The molecule has 164 valence electrons. The average molecular weight is 432 g/mol. The highest BCUT2D eigenvalue weighted by molar-refractivity contribution is 5.98. The van der Waals surface area contributed by atoms with Crippen molar-refractivity contribution in [2.75, 3.05) is 19.5 Å². The van der Waals surface area contributed by atoms with Gasteiger partial charge < -0.3 is 15.4 Å². The Hall–Kier alpha value is -3.20. The first kappa shape index (κ1) is 22.5. The van der Waals surface area contributed by atoms with Crippen LogP contribution in [0.1, 0.15) is 34.1 Å². The van der Waals surface area contributed by atoms with Crippen molar-refractivity contribution in [3.8, 4) is 0 Å². The van der Waals surface area contributed by atoms with E-state index in [9.17, 15) is 18.0 Å². The van der Waals surface area contributed by atoms with Gasteiger partial charge in [0.25, 0.3) is 5.91 Å². The molecule has 0 fully saturated rings. The first-order valence-electron chi connectivity index (χ1n) is 9.59. The number of hydrogen-bond acceptors (Lipinski definition) is 5. The third-order valence-electron chi connectivity index (χ3n) is 4.98. The molecule has 1 aromatic carbocycles. The number of hydrogen-bond donors (Lipinski definition) is 1. The number of anilines is 1. The van der Waals surface area contributed by atoms with Crippen molar-refractivity contribution in [1.29, 1.82) is 0 Å². The molecule has 6 nitrogen and oxygen atoms in total. The lowest BCUT2D eigenvalue weighted by atomic mass is 10.1. The normalized spacial score (nSPS) is 12.7. The molecule has 2 N–H and O–H groups in total. The van der Waals surface area contributed by atoms with E-state index in [1.807, 2.05) is 13.0 Å². The fourth-order valence-corrected chi connectivity index (χ4v) is 3.22. The van der Waals surface area contributed by atoms with Crippen molar-refractivity contribution in [3.05, 3.63) is 65.0 Å². The van der Waals surface area contributed by atoms with Crippen LogP contribution in [0.4, 0.5) is 19.0 Å². The molecule has 1 amide bonds. The average Bonchev–Trinajstić information content (AvgIpc) is 2.72. The zero-order valence-electron chi connectivity index (χ0n) is 17.4. The fraction of sp³-hybridized carbons (Fsp3) is 0.318. The van der Waals surface area contributed by atoms with Gasteiger partial charge in [0, 0.05) is 24.3 Å². The molecule has 0 bridgehead atoms. The molecule has 0 radical (unpaired) electrons. The van der Waals surface area contributed by atoms with Crippen molar-refractivity contribution >= 4 is 22.6 Å². The van der Waals surface area contributed by atoms with Gasteiger partial charge in [0.1, 0.15) is 5.82 Å². The van der Waals surface area contributed by atoms with E-state index in [-0.39, 0.29) is 25.1 Å². The lowest BCUT2D eigenvalue weighted by Gasteiger charge is -2.29. The number of pyridine rings is 2. The Morgan fingerprint density at radius 1 is 1.23 bits per heavy atom. The maximum Gasteiger partial charge on any atom is 0.417 e. The molecule has 2 heterocycles. The van der Waals surface area contributed by atoms with E-state index in [2.05, 4.69) is 9.97 Å². The highest BCUT2D eigenvalue weighted by Gasteiger charge is 2.31. The topological polar surface area (TPSA) is 81.3 Å². The van der Waals surface area contributed by atoms with Gasteiger partial charge in [0.05, 0.1) is 36.0 Å². The molecule has 0 unspecified atom stereocenters. The molecule has 0 saturated heterocycles. The molecule has 0 aliphatic carbocycles. The molecule has 3 rings (SSSR count). The molecule has 0 saturated carbocycles. The first-order chi connectivity index (χ1) is 14.6. The monoisotopic (exact) mass is 432 g/mol. The number of ether oxygens (including phenoxy) is 1. The fourth-order valence-electron chi connectivity index (χ4n) is 3.22. The molecular formula is C22H23F3N4O2. The van der Waals surface area contributed by atoms with Crippen molar-refractivity contribution in [3.63, 3.8) is 0 Å². The predicted octanol–water partition coefficient (Wildman–Crippen LogP) is 4.22. The summed E-state index contributed by atoms with van der Waals surface area (Å²) in [5, 5.41) is 0.768. The minimum absolute atomic E-state index is 0.0402. The van der Waals surface area contributed by atoms with E-state index >= 15 is 0 Å². The summed E-state index contributed by atoms with van der Waals surface area (Å²) in [6, 6.07) is 8.86. The van der Waals surface area contributed by atoms with Crippen molar-refractivity contribution in [2.45, 2.75) is 32.6 Å². The number of benzene rings is 1. The Morgan fingerprint density at radius 3 is 2.58 bits per heavy atom. The van der Waals surface area contributed by atoms with E-state index in [4.69, 9.17) is 10.5 Å². The summed E-state index contributed by atoms with van der Waals surface area (Å²) >= 11 is 0. The Morgan fingerprint density at radius 2 is 1.97 bits per heavy atom. The van der Waals surface area contributed by atoms with Gasteiger partial charge in [-0.1, -0.05) is 0 Å². The number of aromatic nitrogens is 2. The van der Waals surface area contributed by atoms with Crippen LogP contribution in [0.15, 0.2) is 42.6 Å². The minimum atomic E-state index is -4.47. The summed E-state index contributed by atoms with van der Waals surface area (Å²) in [5.41, 5.74) is 7.25. The molecule has 2 aromatic heterocycles. The minimum Gasteiger partial charge on any atom is -0.383 e. The van der Waals surface area contributed by atoms with Crippen LogP contribution < -0.4 is 5.73 Å². The molecule has 0 aliphatic heterocycles. The van der Waals surface area contributed by atoms with Gasteiger partial charge in [-0.3, -0.25) is 9.78 Å². The molecule has 3 aromatic rings. The molecular weight excluding hydrogens is 409 g/mol. The molecule has 1 atom stereocenters. The third-order valence-corrected chi connectivity index (χ3v) is 4.98. The third kappa shape index (κ3) is 5.11. The van der Waals surface area contributed by atoms with Crippen LogP contribution in [0.25, 0.3) is 10.9 Å². The number of nitrogens with zero attached hydrogens (tertiary/aromatic N) is 3. The van der Waals surface area contributed by atoms with Crippen LogP contribution >= 0.6 is 0 Å². The van der Waals surface area contributed by atoms with Gasteiger partial charge in [-0.2, -0.15) is 13.2 Å². The van der Waals surface area contributed by atoms with Gasteiger partial charge >= 0.3 is 6.18 Å². The highest BCUT2D eigenvalue weighted by Crippen LogP contribution is 2.28. The smallest absolute Gasteiger partial charge is 0.383 e. The zero-order chi connectivity index (χ0) is 22.8. The SMILES string of the molecule is COC[C@@H](C)N(Cc1ccc(C(F)(F)F)cn1)C(=O)c1ccc2nc(N)c(C)cc2c1. The number of carbonyl (C=O) groups is 1. The second-order valence-corrected chi connectivity index (χ2v) is 7.37. The quantitative estimate of drug-likeness (QED) is 0.631. The Labute approximate surface area is 177 Å². The predicted molar refractivity (Wildman–Crippen MR) is 111 cm³/mol. The van der Waals surface area contributed by atoms with Crippen LogP contribution in [0.3, 0.4) is 0 Å². The standard InChI is InChI=1S/C22H23F3N4O2/c1-13-8-16-9-15(4-7-19(16)28-20(13)26)21(30)29(14(2)12-31-3)11-18-6-5-17(10-27-18)22(23,24)25/h4-10,14H,11-12H2,1-3H3,(H2,26,28)/t14-/m1/s1. The van der Waals surface area contributed by atoms with Crippen LogP contribution in [0.5, 0.6) is 0 Å². The van der Waals surface area contributed by atoms with Gasteiger partial charge in [-0.15, -0.1) is 0 Å². The van der Waals surface area contributed by atoms with Crippen molar-refractivity contribution in [1.82, 2.24) is 14.9 Å². The van der Waals surface area contributed by atoms with Gasteiger partial charge in [0.15, 0.2) is 0 Å². The molecule has 31 heavy (non-hydrogen) atoms. The van der Waals surface area contributed by atoms with Crippen LogP contribution in [-0.4, -0.2) is 40.5 Å². The van der Waals surface area contributed by atoms with Crippen molar-refractivity contribution < 1.29 is 22.7 Å². The van der Waals surface area contributed by atoms with Gasteiger partial charge in [-0.25, -0.2) is 4.98 Å². The Balaban J connectivity index is 1.92. The van der Waals surface area contributed by atoms with E-state index < -0.39 is 11.7 Å². The summed E-state index contributed by atoms with van der Waals surface area (Å²) in [6.45, 7) is 3.94. The number of alkyl halides is 3. The summed E-state index contributed by atoms with van der Waals surface area (Å²) < 4.78 is 43.6. The van der Waals surface area contributed by atoms with Crippen molar-refractivity contribution in [2.24, 2.45) is 0 Å². The van der Waals surface area contributed by atoms with Crippen LogP contribution in [-0.2, 0) is 17.5 Å². The summed E-state index contributed by atoms with van der Waals surface area (Å²) in [7, 11) is 1.52. The number of methoxy groups -OCH3 is 1. The van der Waals surface area contributed by atoms with E-state index in [1.54, 1.807) is 25.1 Å². The van der Waals surface area contributed by atoms with E-state index in [0.29, 0.717) is 22.6 Å². The lowest BCUT2D eigenvalue weighted by Crippen LogP contribution is -2.40. The van der Waals surface area contributed by atoms with Gasteiger partial charge in [-0.05, 0) is 55.8 Å². The molecule has 9 heteroatoms. The van der Waals surface area contributed by atoms with Crippen LogP contribution in [0, 0.1) is 6.92 Å². The van der Waals surface area contributed by atoms with E-state index in [1.165, 1.54) is 18.1 Å². The number of amides is 1. The largest absolute Gasteiger partial charge is 0.417 e. The number of rotatable bonds is 6. The Bertz CT molecular complexity index is 1080. The van der Waals surface area contributed by atoms with Crippen LogP contribution in [0.2, 0.25) is 0 Å². The maximum atomic E-state index is 13.3. The number of nitrogens with two attached hydrogens (primary N) is 1. The number of fused-ring (bicyclic) bond motifs is 1. The van der Waals surface area contributed by atoms with Gasteiger partial charge in [0.2, 0.25) is 0 Å². The maximum absolute atomic E-state index is 13.3. The Kier molecular flexibility index (Phi) is 6.45. The first-order valence-corrected chi connectivity index (χ1v) is 9.59. The highest BCUT2D eigenvalue weighted by atomic mass is 19.4. The molecule has 0 spiro atoms. The second kappa shape index (κ2) is 8.89. The number of halogens is 3. The number of aryl methyl sites for hydroxylation is 1. The van der Waals surface area contributed by atoms with E-state index in [0.717, 1.165) is 23.2 Å². The summed E-state index contributed by atoms with van der Waals surface area (Å²) in [5.74, 6) is 0.137. The molecule has 0 aliphatic rings. The number of carbonyl (C=O) groups excluding carboxylic acids is 1. The number of nitrogen functional groups attached to an aromatic ring is 1. The zero-order valence-corrected chi connectivity index (χ0v) is 17.4. The lowest BCUT2D eigenvalue weighted by molar-refractivity contribution is -0.137. The summed E-state index contributed by atoms with van der Waals surface area (Å²) in [6.07, 6.45) is -3.70. The second-order valence-electron chi connectivity index (χ2n) is 7.37. The summed E-state index contributed by atoms with van der Waals surface area (Å²) in [4.78, 5) is 23.0.